The molecule has 6 nitrogen and oxygen atoms in total. The van der Waals surface area contributed by atoms with Crippen LogP contribution in [0.15, 0.2) is 58.6 Å². The van der Waals surface area contributed by atoms with Gasteiger partial charge < -0.3 is 14.8 Å². The van der Waals surface area contributed by atoms with Crippen LogP contribution in [0.5, 0.6) is 5.75 Å². The maximum absolute atomic E-state index is 12.9. The second-order valence-electron chi connectivity index (χ2n) is 6.66. The van der Waals surface area contributed by atoms with Crippen molar-refractivity contribution in [2.75, 3.05) is 26.5 Å². The second kappa shape index (κ2) is 10.3. The lowest BCUT2D eigenvalue weighted by molar-refractivity contribution is -0.139. The van der Waals surface area contributed by atoms with Gasteiger partial charge >= 0.3 is 12.0 Å². The SMILES string of the molecule is CCOC(=O)C1=C(COc2ccc(SC)cc2)N(C)C(=O)N[C@H]1c1ccc(Cl)c(Cl)c1. The third-order valence-electron chi connectivity index (χ3n) is 4.78. The first-order valence-corrected chi connectivity index (χ1v) is 11.5. The van der Waals surface area contributed by atoms with Crippen LogP contribution in [0.25, 0.3) is 0 Å². The van der Waals surface area contributed by atoms with Gasteiger partial charge in [0.2, 0.25) is 0 Å². The van der Waals surface area contributed by atoms with Crippen molar-refractivity contribution in [3.8, 4) is 5.75 Å². The summed E-state index contributed by atoms with van der Waals surface area (Å²) in [5.41, 5.74) is 1.30. The lowest BCUT2D eigenvalue weighted by atomic mass is 9.94. The van der Waals surface area contributed by atoms with E-state index in [9.17, 15) is 9.59 Å². The summed E-state index contributed by atoms with van der Waals surface area (Å²) >= 11 is 13.8. The third-order valence-corrected chi connectivity index (χ3v) is 6.27. The zero-order valence-electron chi connectivity index (χ0n) is 17.3. The highest BCUT2D eigenvalue weighted by Crippen LogP contribution is 2.34. The van der Waals surface area contributed by atoms with Gasteiger partial charge in [0.1, 0.15) is 12.4 Å². The van der Waals surface area contributed by atoms with E-state index >= 15 is 0 Å². The van der Waals surface area contributed by atoms with Crippen molar-refractivity contribution in [2.24, 2.45) is 0 Å². The molecule has 1 aliphatic heterocycles. The van der Waals surface area contributed by atoms with E-state index in [0.29, 0.717) is 27.1 Å². The molecule has 1 heterocycles. The predicted octanol–water partition coefficient (Wildman–Crippen LogP) is 5.31. The number of amides is 2. The fourth-order valence-electron chi connectivity index (χ4n) is 3.15. The molecule has 0 saturated heterocycles. The Hall–Kier alpha value is -2.35. The molecule has 2 amide bonds. The van der Waals surface area contributed by atoms with Gasteiger partial charge in [0.15, 0.2) is 0 Å². The number of likely N-dealkylation sites (N-methyl/N-ethyl adjacent to an activating group) is 1. The van der Waals surface area contributed by atoms with Crippen LogP contribution >= 0.6 is 35.0 Å². The predicted molar refractivity (Wildman–Crippen MR) is 123 cm³/mol. The summed E-state index contributed by atoms with van der Waals surface area (Å²) in [6.07, 6.45) is 1.99. The second-order valence-corrected chi connectivity index (χ2v) is 8.35. The largest absolute Gasteiger partial charge is 0.487 e. The molecule has 1 N–H and O–H groups in total. The quantitative estimate of drug-likeness (QED) is 0.429. The minimum absolute atomic E-state index is 0.00844. The van der Waals surface area contributed by atoms with E-state index in [1.165, 1.54) is 4.90 Å². The first-order chi connectivity index (χ1) is 14.8. The van der Waals surface area contributed by atoms with Crippen LogP contribution in [-0.2, 0) is 9.53 Å². The molecule has 31 heavy (non-hydrogen) atoms. The summed E-state index contributed by atoms with van der Waals surface area (Å²) in [5, 5.41) is 3.53. The molecule has 1 atom stereocenters. The number of carbonyl (C=O) groups is 2. The van der Waals surface area contributed by atoms with Crippen LogP contribution in [0.3, 0.4) is 0 Å². The highest BCUT2D eigenvalue weighted by molar-refractivity contribution is 7.98. The fourth-order valence-corrected chi connectivity index (χ4v) is 3.86. The smallest absolute Gasteiger partial charge is 0.338 e. The van der Waals surface area contributed by atoms with Crippen molar-refractivity contribution in [3.05, 3.63) is 69.3 Å². The molecular weight excluding hydrogens is 459 g/mol. The summed E-state index contributed by atoms with van der Waals surface area (Å²) in [7, 11) is 1.58. The maximum Gasteiger partial charge on any atom is 0.338 e. The Morgan fingerprint density at radius 1 is 1.16 bits per heavy atom. The molecule has 0 spiro atoms. The molecule has 0 aliphatic carbocycles. The molecular formula is C22H22Cl2N2O4S. The van der Waals surface area contributed by atoms with E-state index < -0.39 is 12.0 Å². The van der Waals surface area contributed by atoms with Gasteiger partial charge in [-0.2, -0.15) is 0 Å². The van der Waals surface area contributed by atoms with Crippen molar-refractivity contribution >= 4 is 47.0 Å². The van der Waals surface area contributed by atoms with E-state index in [2.05, 4.69) is 5.32 Å². The molecule has 0 fully saturated rings. The number of rotatable bonds is 7. The number of halogens is 2. The minimum atomic E-state index is -0.755. The Balaban J connectivity index is 2.01. The molecule has 0 radical (unpaired) electrons. The average Bonchev–Trinajstić information content (AvgIpc) is 2.76. The van der Waals surface area contributed by atoms with Gasteiger partial charge in [0, 0.05) is 11.9 Å². The molecule has 1 aliphatic rings. The van der Waals surface area contributed by atoms with Crippen LogP contribution in [0, 0.1) is 0 Å². The van der Waals surface area contributed by atoms with Gasteiger partial charge in [0.05, 0.1) is 34.0 Å². The van der Waals surface area contributed by atoms with Gasteiger partial charge in [-0.1, -0.05) is 29.3 Å². The van der Waals surface area contributed by atoms with E-state index in [1.54, 1.807) is 43.9 Å². The van der Waals surface area contributed by atoms with E-state index in [4.69, 9.17) is 32.7 Å². The standard InChI is InChI=1S/C22H22Cl2N2O4S/c1-4-29-21(27)19-18(12-30-14-6-8-15(31-3)9-7-14)26(2)22(28)25-20(19)13-5-10-16(23)17(24)11-13/h5-11,20H,4,12H2,1-3H3,(H,25,28)/t20-/m0/s1. The Labute approximate surface area is 195 Å². The first kappa shape index (κ1) is 23.3. The van der Waals surface area contributed by atoms with Crippen molar-refractivity contribution in [3.63, 3.8) is 0 Å². The van der Waals surface area contributed by atoms with E-state index in [1.807, 2.05) is 30.5 Å². The van der Waals surface area contributed by atoms with Crippen molar-refractivity contribution in [1.29, 1.82) is 0 Å². The fraction of sp³-hybridized carbons (Fsp3) is 0.273. The van der Waals surface area contributed by atoms with Crippen molar-refractivity contribution in [1.82, 2.24) is 10.2 Å². The van der Waals surface area contributed by atoms with Gasteiger partial charge in [-0.15, -0.1) is 11.8 Å². The van der Waals surface area contributed by atoms with Crippen LogP contribution in [0.4, 0.5) is 4.79 Å². The Morgan fingerprint density at radius 3 is 2.48 bits per heavy atom. The van der Waals surface area contributed by atoms with Crippen molar-refractivity contribution < 1.29 is 19.1 Å². The first-order valence-electron chi connectivity index (χ1n) is 9.51. The van der Waals surface area contributed by atoms with Crippen LogP contribution in [-0.4, -0.2) is 43.4 Å². The van der Waals surface area contributed by atoms with Gasteiger partial charge in [0.25, 0.3) is 0 Å². The summed E-state index contributed by atoms with van der Waals surface area (Å²) in [4.78, 5) is 28.0. The Kier molecular flexibility index (Phi) is 7.75. The number of benzene rings is 2. The highest BCUT2D eigenvalue weighted by Gasteiger charge is 2.37. The summed E-state index contributed by atoms with van der Waals surface area (Å²) in [5.74, 6) is 0.0840. The molecule has 2 aromatic rings. The Bertz CT molecular complexity index is 1010. The number of hydrogen-bond donors (Lipinski definition) is 1. The molecule has 0 bridgehead atoms. The van der Waals surface area contributed by atoms with Gasteiger partial charge in [-0.3, -0.25) is 4.90 Å². The number of esters is 1. The third kappa shape index (κ3) is 5.29. The summed E-state index contributed by atoms with van der Waals surface area (Å²) in [6.45, 7) is 1.92. The number of nitrogens with zero attached hydrogens (tertiary/aromatic N) is 1. The number of thioether (sulfide) groups is 1. The molecule has 2 aromatic carbocycles. The number of ether oxygens (including phenoxy) is 2. The number of nitrogens with one attached hydrogen (secondary N) is 1. The number of hydrogen-bond acceptors (Lipinski definition) is 5. The van der Waals surface area contributed by atoms with E-state index in [0.717, 1.165) is 4.90 Å². The molecule has 0 aromatic heterocycles. The van der Waals surface area contributed by atoms with Crippen LogP contribution < -0.4 is 10.1 Å². The lowest BCUT2D eigenvalue weighted by Gasteiger charge is -2.34. The zero-order chi connectivity index (χ0) is 22.5. The number of carbonyl (C=O) groups excluding carboxylic acids is 2. The van der Waals surface area contributed by atoms with Gasteiger partial charge in [-0.25, -0.2) is 9.59 Å². The topological polar surface area (TPSA) is 67.9 Å². The van der Waals surface area contributed by atoms with Crippen LogP contribution in [0.1, 0.15) is 18.5 Å². The normalized spacial score (nSPS) is 16.2. The summed E-state index contributed by atoms with van der Waals surface area (Å²) in [6, 6.07) is 11.4. The summed E-state index contributed by atoms with van der Waals surface area (Å²) < 4.78 is 11.2. The number of urea groups is 1. The molecule has 0 unspecified atom stereocenters. The van der Waals surface area contributed by atoms with Crippen LogP contribution in [0.2, 0.25) is 10.0 Å². The zero-order valence-corrected chi connectivity index (χ0v) is 19.6. The lowest BCUT2D eigenvalue weighted by Crippen LogP contribution is -2.48. The average molecular weight is 481 g/mol. The molecule has 164 valence electrons. The van der Waals surface area contributed by atoms with E-state index in [-0.39, 0.29) is 24.8 Å². The monoisotopic (exact) mass is 480 g/mol. The minimum Gasteiger partial charge on any atom is -0.487 e. The molecule has 9 heteroatoms. The molecule has 3 rings (SSSR count). The Morgan fingerprint density at radius 2 is 1.87 bits per heavy atom. The molecule has 0 saturated carbocycles. The van der Waals surface area contributed by atoms with Gasteiger partial charge in [-0.05, 0) is 55.1 Å². The van der Waals surface area contributed by atoms with Crippen molar-refractivity contribution in [2.45, 2.75) is 17.9 Å². The highest BCUT2D eigenvalue weighted by atomic mass is 35.5. The maximum atomic E-state index is 12.9.